The Hall–Kier alpha value is -6.77. The lowest BCUT2D eigenvalue weighted by Gasteiger charge is -2.34. The molecule has 0 fully saturated rings. The Morgan fingerprint density at radius 2 is 0.962 bits per heavy atom. The van der Waals surface area contributed by atoms with Crippen LogP contribution in [0.4, 0.5) is 5.69 Å². The Morgan fingerprint density at radius 1 is 0.404 bits per heavy atom. The summed E-state index contributed by atoms with van der Waals surface area (Å²) in [7, 11) is 0. The molecule has 0 saturated carbocycles. The third-order valence-corrected chi connectivity index (χ3v) is 10.7. The summed E-state index contributed by atoms with van der Waals surface area (Å²) < 4.78 is 0. The summed E-state index contributed by atoms with van der Waals surface area (Å²) in [5.74, 6) is 0. The smallest absolute Gasteiger partial charge is 0.0984 e. The largest absolute Gasteiger partial charge is 0.277 e. The fourth-order valence-corrected chi connectivity index (χ4v) is 8.34. The number of hydrogen-bond donors (Lipinski definition) is 1. The molecule has 0 unspecified atom stereocenters. The van der Waals surface area contributed by atoms with Crippen LogP contribution in [0.2, 0.25) is 0 Å². The van der Waals surface area contributed by atoms with E-state index in [4.69, 9.17) is 5.10 Å². The molecule has 0 aromatic heterocycles. The van der Waals surface area contributed by atoms with E-state index in [1.54, 1.807) is 0 Å². The van der Waals surface area contributed by atoms with Crippen LogP contribution in [-0.2, 0) is 5.41 Å². The van der Waals surface area contributed by atoms with Gasteiger partial charge in [-0.15, -0.1) is 0 Å². The third-order valence-electron chi connectivity index (χ3n) is 10.7. The SMILES string of the molecule is c1ccc(-c2ccc(/C(=N/Nc3ccc4c(c3-c3ccccc3)-c3ccccc3C4(c3ccccc3)c3ccccc3)c3ccc4cc3-4)cc2)cc1. The molecule has 7 aromatic carbocycles. The maximum absolute atomic E-state index is 5.27. The highest BCUT2D eigenvalue weighted by molar-refractivity contribution is 6.19. The van der Waals surface area contributed by atoms with Crippen LogP contribution < -0.4 is 5.43 Å². The molecule has 52 heavy (non-hydrogen) atoms. The maximum atomic E-state index is 5.27. The van der Waals surface area contributed by atoms with E-state index < -0.39 is 5.41 Å². The lowest BCUT2D eigenvalue weighted by atomic mass is 9.67. The number of fused-ring (bicyclic) bond motifs is 4. The molecule has 2 heteroatoms. The molecular weight excluding hydrogens is 629 g/mol. The molecular formula is C50H34N2. The first-order valence-corrected chi connectivity index (χ1v) is 17.9. The van der Waals surface area contributed by atoms with Crippen LogP contribution in [0.25, 0.3) is 44.5 Å². The van der Waals surface area contributed by atoms with Crippen molar-refractivity contribution in [2.45, 2.75) is 5.41 Å². The van der Waals surface area contributed by atoms with Gasteiger partial charge < -0.3 is 0 Å². The lowest BCUT2D eigenvalue weighted by molar-refractivity contribution is 0.768. The molecule has 0 amide bonds. The summed E-state index contributed by atoms with van der Waals surface area (Å²) in [6, 6.07) is 72.1. The van der Waals surface area contributed by atoms with E-state index >= 15 is 0 Å². The van der Waals surface area contributed by atoms with Gasteiger partial charge in [-0.1, -0.05) is 188 Å². The number of hydrazone groups is 1. The van der Waals surface area contributed by atoms with Crippen molar-refractivity contribution in [1.29, 1.82) is 0 Å². The molecule has 1 N–H and O–H groups in total. The molecule has 3 aliphatic rings. The molecule has 0 aliphatic heterocycles. The monoisotopic (exact) mass is 662 g/mol. The molecule has 10 rings (SSSR count). The molecule has 0 radical (unpaired) electrons. The highest BCUT2D eigenvalue weighted by Crippen LogP contribution is 2.59. The Balaban J connectivity index is 1.18. The van der Waals surface area contributed by atoms with Gasteiger partial charge in [0.2, 0.25) is 0 Å². The first-order valence-electron chi connectivity index (χ1n) is 17.9. The number of nitrogens with zero attached hydrogens (tertiary/aromatic N) is 1. The van der Waals surface area contributed by atoms with Crippen molar-refractivity contribution in [2.24, 2.45) is 5.10 Å². The highest BCUT2D eigenvalue weighted by Gasteiger charge is 2.47. The van der Waals surface area contributed by atoms with E-state index in [2.05, 4.69) is 206 Å². The van der Waals surface area contributed by atoms with Crippen LogP contribution in [0.15, 0.2) is 205 Å². The van der Waals surface area contributed by atoms with Gasteiger partial charge in [-0.25, -0.2) is 0 Å². The molecule has 0 bridgehead atoms. The molecule has 3 aliphatic carbocycles. The highest BCUT2D eigenvalue weighted by atomic mass is 15.3. The van der Waals surface area contributed by atoms with Crippen LogP contribution in [0.5, 0.6) is 0 Å². The van der Waals surface area contributed by atoms with Crippen LogP contribution in [-0.4, -0.2) is 5.71 Å². The van der Waals surface area contributed by atoms with Gasteiger partial charge >= 0.3 is 0 Å². The van der Waals surface area contributed by atoms with Gasteiger partial charge in [0, 0.05) is 16.7 Å². The Kier molecular flexibility index (Phi) is 7.07. The number of benzene rings is 8. The first-order chi connectivity index (χ1) is 25.8. The van der Waals surface area contributed by atoms with Gasteiger partial charge in [0.05, 0.1) is 16.8 Å². The summed E-state index contributed by atoms with van der Waals surface area (Å²) in [5.41, 5.74) is 22.0. The summed E-state index contributed by atoms with van der Waals surface area (Å²) in [6.07, 6.45) is 0. The van der Waals surface area contributed by atoms with Crippen molar-refractivity contribution in [1.82, 2.24) is 0 Å². The summed E-state index contributed by atoms with van der Waals surface area (Å²) in [6.45, 7) is 0. The van der Waals surface area contributed by atoms with Crippen molar-refractivity contribution in [2.75, 3.05) is 5.43 Å². The topological polar surface area (TPSA) is 24.4 Å². The number of anilines is 1. The zero-order chi connectivity index (χ0) is 34.5. The minimum Gasteiger partial charge on any atom is -0.277 e. The van der Waals surface area contributed by atoms with Crippen molar-refractivity contribution >= 4 is 11.4 Å². The van der Waals surface area contributed by atoms with E-state index in [-0.39, 0.29) is 0 Å². The van der Waals surface area contributed by atoms with Gasteiger partial charge in [-0.2, -0.15) is 5.10 Å². The Bertz CT molecular complexity index is 2570. The van der Waals surface area contributed by atoms with Crippen molar-refractivity contribution in [3.05, 3.63) is 234 Å². The zero-order valence-electron chi connectivity index (χ0n) is 28.5. The van der Waals surface area contributed by atoms with Crippen LogP contribution >= 0.6 is 0 Å². The van der Waals surface area contributed by atoms with E-state index in [0.717, 1.165) is 33.7 Å². The van der Waals surface area contributed by atoms with Crippen molar-refractivity contribution in [3.8, 4) is 44.5 Å². The quantitative estimate of drug-likeness (QED) is 0.127. The lowest BCUT2D eigenvalue weighted by Crippen LogP contribution is -2.28. The fourth-order valence-electron chi connectivity index (χ4n) is 8.34. The fraction of sp³-hybridized carbons (Fsp3) is 0.0200. The van der Waals surface area contributed by atoms with E-state index in [9.17, 15) is 0 Å². The second-order valence-electron chi connectivity index (χ2n) is 13.6. The van der Waals surface area contributed by atoms with Gasteiger partial charge in [0.25, 0.3) is 0 Å². The minimum absolute atomic E-state index is 0.486. The molecule has 0 atom stereocenters. The summed E-state index contributed by atoms with van der Waals surface area (Å²) >= 11 is 0. The summed E-state index contributed by atoms with van der Waals surface area (Å²) in [4.78, 5) is 0. The third kappa shape index (κ3) is 4.76. The van der Waals surface area contributed by atoms with Gasteiger partial charge in [-0.05, 0) is 73.3 Å². The molecule has 7 aromatic rings. The van der Waals surface area contributed by atoms with Crippen molar-refractivity contribution < 1.29 is 0 Å². The molecule has 2 nitrogen and oxygen atoms in total. The first kappa shape index (κ1) is 30.1. The molecule has 0 saturated heterocycles. The van der Waals surface area contributed by atoms with Crippen LogP contribution in [0, 0.1) is 0 Å². The second kappa shape index (κ2) is 12.2. The second-order valence-corrected chi connectivity index (χ2v) is 13.6. The number of hydrogen-bond acceptors (Lipinski definition) is 2. The van der Waals surface area contributed by atoms with Gasteiger partial charge in [0.15, 0.2) is 0 Å². The zero-order valence-corrected chi connectivity index (χ0v) is 28.5. The van der Waals surface area contributed by atoms with E-state index in [1.807, 2.05) is 0 Å². The van der Waals surface area contributed by atoms with Crippen LogP contribution in [0.3, 0.4) is 0 Å². The predicted molar refractivity (Wildman–Crippen MR) is 216 cm³/mol. The number of nitrogens with one attached hydrogen (secondary N) is 1. The normalized spacial score (nSPS) is 13.3. The molecule has 244 valence electrons. The minimum atomic E-state index is -0.486. The van der Waals surface area contributed by atoms with Crippen molar-refractivity contribution in [3.63, 3.8) is 0 Å². The van der Waals surface area contributed by atoms with E-state index in [1.165, 1.54) is 55.6 Å². The average Bonchev–Trinajstić information content (AvgIpc) is 3.79. The van der Waals surface area contributed by atoms with Crippen LogP contribution in [0.1, 0.15) is 33.4 Å². The Labute approximate surface area is 304 Å². The van der Waals surface area contributed by atoms with E-state index in [0.29, 0.717) is 0 Å². The summed E-state index contributed by atoms with van der Waals surface area (Å²) in [5, 5.41) is 5.27. The number of rotatable bonds is 8. The molecule has 0 spiro atoms. The van der Waals surface area contributed by atoms with Gasteiger partial charge in [-0.3, -0.25) is 5.43 Å². The maximum Gasteiger partial charge on any atom is 0.0984 e. The van der Waals surface area contributed by atoms with Gasteiger partial charge in [0.1, 0.15) is 0 Å². The predicted octanol–water partition coefficient (Wildman–Crippen LogP) is 12.2. The standard InChI is InChI=1S/C50H34N2/c1-5-15-34(16-6-1)35-25-27-37(28-26-35)49(41-30-29-38-33-43(38)41)52-51-46-32-31-45-48(47(46)36-17-7-2-8-18-36)42-23-13-14-24-44(42)50(45,39-19-9-3-10-20-39)40-21-11-4-12-22-40/h1-33,51H/b52-49-. The molecule has 0 heterocycles. The average molecular weight is 663 g/mol. The Morgan fingerprint density at radius 3 is 1.58 bits per heavy atom.